The summed E-state index contributed by atoms with van der Waals surface area (Å²) in [6.07, 6.45) is 0.906. The van der Waals surface area contributed by atoms with Gasteiger partial charge in [-0.2, -0.15) is 0 Å². The Morgan fingerprint density at radius 3 is 2.83 bits per heavy atom. The summed E-state index contributed by atoms with van der Waals surface area (Å²) >= 11 is 0. The van der Waals surface area contributed by atoms with Gasteiger partial charge in [-0.1, -0.05) is 6.58 Å². The molecule has 0 aliphatic carbocycles. The van der Waals surface area contributed by atoms with Crippen molar-refractivity contribution in [2.75, 3.05) is 25.6 Å². The number of hydrogen-bond acceptors (Lipinski definition) is 6. The smallest absolute Gasteiger partial charge is 0.274 e. The van der Waals surface area contributed by atoms with E-state index in [4.69, 9.17) is 4.74 Å². The minimum absolute atomic E-state index is 0.0210. The van der Waals surface area contributed by atoms with Crippen LogP contribution in [-0.4, -0.2) is 49.1 Å². The van der Waals surface area contributed by atoms with Crippen LogP contribution in [-0.2, 0) is 20.3 Å². The second-order valence-electron chi connectivity index (χ2n) is 7.07. The molecule has 0 radical (unpaired) electrons. The predicted molar refractivity (Wildman–Crippen MR) is 104 cm³/mol. The molecule has 2 atom stereocenters. The first kappa shape index (κ1) is 20.2. The Balaban J connectivity index is 1.72. The number of carbonyl (C=O) groups is 1. The number of carbonyl (C=O) groups excluding carboxylic acids is 1. The second kappa shape index (κ2) is 7.03. The van der Waals surface area contributed by atoms with Crippen molar-refractivity contribution in [1.29, 1.82) is 0 Å². The number of rotatable bonds is 3. The quantitative estimate of drug-likeness (QED) is 0.757. The van der Waals surface area contributed by atoms with E-state index in [1.54, 1.807) is 0 Å². The van der Waals surface area contributed by atoms with E-state index in [2.05, 4.69) is 22.2 Å². The normalized spacial score (nSPS) is 24.8. The number of amides is 1. The third kappa shape index (κ3) is 3.10. The van der Waals surface area contributed by atoms with Crippen molar-refractivity contribution in [3.63, 3.8) is 0 Å². The van der Waals surface area contributed by atoms with Crippen LogP contribution < -0.4 is 10.6 Å². The number of hydrogen-bond donors (Lipinski definition) is 2. The summed E-state index contributed by atoms with van der Waals surface area (Å²) in [6.45, 7) is 3.50. The standard InChI is InChI=1S/C19H18F2N4O4S/c1-11-24-19(10-29-9-17(19)30(27,28)25(11)2)14-7-13(4-5-15(14)21)23-18(26)16-6-3-12(20)8-22-16/h3-8,17,24H,1,9-10H2,2H3,(H,23,26)/t17-,19-/m1/s1. The molecule has 1 aromatic heterocycles. The molecule has 0 bridgehead atoms. The van der Waals surface area contributed by atoms with Gasteiger partial charge in [0.2, 0.25) is 10.0 Å². The van der Waals surface area contributed by atoms with Gasteiger partial charge in [-0.15, -0.1) is 0 Å². The maximum atomic E-state index is 14.9. The van der Waals surface area contributed by atoms with E-state index in [0.717, 1.165) is 22.6 Å². The van der Waals surface area contributed by atoms with Crippen LogP contribution in [0.1, 0.15) is 16.1 Å². The van der Waals surface area contributed by atoms with Gasteiger partial charge in [-0.05, 0) is 30.3 Å². The first-order chi connectivity index (χ1) is 14.1. The van der Waals surface area contributed by atoms with Crippen LogP contribution in [0.3, 0.4) is 0 Å². The molecule has 11 heteroatoms. The highest BCUT2D eigenvalue weighted by Gasteiger charge is 2.58. The Hall–Kier alpha value is -3.05. The molecule has 1 amide bonds. The summed E-state index contributed by atoms with van der Waals surface area (Å²) in [7, 11) is -2.49. The van der Waals surface area contributed by atoms with E-state index < -0.39 is 38.4 Å². The average Bonchev–Trinajstić information content (AvgIpc) is 3.14. The SMILES string of the molecule is C=C1N[C@@]2(c3cc(NC(=O)c4ccc(F)cn4)ccc3F)COC[C@H]2S(=O)(=O)N1C. The van der Waals surface area contributed by atoms with Crippen molar-refractivity contribution in [3.8, 4) is 0 Å². The number of nitrogens with one attached hydrogen (secondary N) is 2. The van der Waals surface area contributed by atoms with Crippen molar-refractivity contribution >= 4 is 21.6 Å². The van der Waals surface area contributed by atoms with Crippen LogP contribution in [0.5, 0.6) is 0 Å². The van der Waals surface area contributed by atoms with E-state index >= 15 is 0 Å². The molecule has 4 rings (SSSR count). The van der Waals surface area contributed by atoms with Gasteiger partial charge in [0.15, 0.2) is 0 Å². The maximum absolute atomic E-state index is 14.9. The molecular formula is C19H18F2N4O4S. The number of halogens is 2. The molecule has 2 aliphatic rings. The molecule has 158 valence electrons. The van der Waals surface area contributed by atoms with Gasteiger partial charge in [0.05, 0.1) is 19.4 Å². The van der Waals surface area contributed by atoms with Crippen LogP contribution >= 0.6 is 0 Å². The molecule has 2 aliphatic heterocycles. The Morgan fingerprint density at radius 1 is 1.37 bits per heavy atom. The molecule has 2 fully saturated rings. The van der Waals surface area contributed by atoms with Crippen molar-refractivity contribution in [3.05, 3.63) is 71.8 Å². The van der Waals surface area contributed by atoms with Gasteiger partial charge >= 0.3 is 0 Å². The summed E-state index contributed by atoms with van der Waals surface area (Å²) in [5, 5.41) is 4.47. The number of fused-ring (bicyclic) bond motifs is 1. The third-order valence-electron chi connectivity index (χ3n) is 5.30. The molecule has 1 aromatic carbocycles. The van der Waals surface area contributed by atoms with E-state index in [1.807, 2.05) is 0 Å². The van der Waals surface area contributed by atoms with Crippen molar-refractivity contribution in [2.45, 2.75) is 10.8 Å². The fourth-order valence-electron chi connectivity index (χ4n) is 3.67. The first-order valence-corrected chi connectivity index (χ1v) is 10.4. The highest BCUT2D eigenvalue weighted by molar-refractivity contribution is 7.90. The first-order valence-electron chi connectivity index (χ1n) is 8.91. The van der Waals surface area contributed by atoms with Crippen molar-refractivity contribution in [2.24, 2.45) is 0 Å². The summed E-state index contributed by atoms with van der Waals surface area (Å²) in [6, 6.07) is 6.11. The van der Waals surface area contributed by atoms with Crippen LogP contribution in [0.25, 0.3) is 0 Å². The van der Waals surface area contributed by atoms with E-state index in [-0.39, 0.29) is 36.0 Å². The number of nitrogens with zero attached hydrogens (tertiary/aromatic N) is 2. The zero-order valence-electron chi connectivity index (χ0n) is 15.9. The minimum Gasteiger partial charge on any atom is -0.377 e. The summed E-state index contributed by atoms with van der Waals surface area (Å²) in [5.74, 6) is -1.79. The fraction of sp³-hybridized carbons (Fsp3) is 0.263. The average molecular weight is 436 g/mol. The number of aromatic nitrogens is 1. The largest absolute Gasteiger partial charge is 0.377 e. The molecule has 0 saturated carbocycles. The van der Waals surface area contributed by atoms with Gasteiger partial charge in [0.1, 0.15) is 33.9 Å². The fourth-order valence-corrected chi connectivity index (χ4v) is 5.43. The van der Waals surface area contributed by atoms with Crippen LogP contribution in [0, 0.1) is 11.6 Å². The molecule has 2 saturated heterocycles. The second-order valence-corrected chi connectivity index (χ2v) is 9.22. The number of pyridine rings is 1. The number of anilines is 1. The molecule has 3 heterocycles. The van der Waals surface area contributed by atoms with Crippen molar-refractivity contribution in [1.82, 2.24) is 14.6 Å². The Bertz CT molecular complexity index is 1140. The molecule has 0 unspecified atom stereocenters. The van der Waals surface area contributed by atoms with Gasteiger partial charge in [0.25, 0.3) is 5.91 Å². The predicted octanol–water partition coefficient (Wildman–Crippen LogP) is 1.54. The molecule has 0 spiro atoms. The molecule has 30 heavy (non-hydrogen) atoms. The lowest BCUT2D eigenvalue weighted by Crippen LogP contribution is -2.63. The zero-order chi connectivity index (χ0) is 21.7. The Labute approximate surface area is 171 Å². The van der Waals surface area contributed by atoms with Gasteiger partial charge < -0.3 is 15.4 Å². The van der Waals surface area contributed by atoms with Crippen LogP contribution in [0.4, 0.5) is 14.5 Å². The topological polar surface area (TPSA) is 101 Å². The Morgan fingerprint density at radius 2 is 2.13 bits per heavy atom. The monoisotopic (exact) mass is 436 g/mol. The summed E-state index contributed by atoms with van der Waals surface area (Å²) in [4.78, 5) is 16.1. The molecule has 2 N–H and O–H groups in total. The highest BCUT2D eigenvalue weighted by atomic mass is 32.2. The molecular weight excluding hydrogens is 418 g/mol. The Kier molecular flexibility index (Phi) is 4.74. The lowest BCUT2D eigenvalue weighted by molar-refractivity contribution is 0.102. The maximum Gasteiger partial charge on any atom is 0.274 e. The molecule has 8 nitrogen and oxygen atoms in total. The van der Waals surface area contributed by atoms with Gasteiger partial charge in [-0.3, -0.25) is 9.10 Å². The van der Waals surface area contributed by atoms with Crippen LogP contribution in [0.2, 0.25) is 0 Å². The van der Waals surface area contributed by atoms with E-state index in [1.165, 1.54) is 25.2 Å². The third-order valence-corrected chi connectivity index (χ3v) is 7.54. The van der Waals surface area contributed by atoms with E-state index in [0.29, 0.717) is 0 Å². The number of sulfonamides is 1. The van der Waals surface area contributed by atoms with E-state index in [9.17, 15) is 22.0 Å². The highest BCUT2D eigenvalue weighted by Crippen LogP contribution is 2.42. The minimum atomic E-state index is -3.85. The van der Waals surface area contributed by atoms with Gasteiger partial charge in [0, 0.05) is 18.3 Å². The number of ether oxygens (including phenoxy) is 1. The van der Waals surface area contributed by atoms with Crippen LogP contribution in [0.15, 0.2) is 48.9 Å². The summed E-state index contributed by atoms with van der Waals surface area (Å²) in [5.41, 5.74) is -1.20. The zero-order valence-corrected chi connectivity index (χ0v) is 16.7. The van der Waals surface area contributed by atoms with Gasteiger partial charge in [-0.25, -0.2) is 22.2 Å². The number of benzene rings is 1. The van der Waals surface area contributed by atoms with Crippen molar-refractivity contribution < 1.29 is 26.7 Å². The lowest BCUT2D eigenvalue weighted by atomic mass is 9.87. The summed E-state index contributed by atoms with van der Waals surface area (Å²) < 4.78 is 60.1. The lowest BCUT2D eigenvalue weighted by Gasteiger charge is -2.44. The molecule has 2 aromatic rings.